The van der Waals surface area contributed by atoms with Crippen LogP contribution in [0.2, 0.25) is 5.02 Å². The molecule has 1 saturated carbocycles. The van der Waals surface area contributed by atoms with Crippen LogP contribution >= 0.6 is 11.6 Å². The normalized spacial score (nSPS) is 27.9. The van der Waals surface area contributed by atoms with Crippen molar-refractivity contribution in [3.8, 4) is 0 Å². The van der Waals surface area contributed by atoms with E-state index < -0.39 is 0 Å². The van der Waals surface area contributed by atoms with Gasteiger partial charge in [-0.25, -0.2) is 0 Å². The minimum absolute atomic E-state index is 0.0510. The molecule has 3 rings (SSSR count). The Bertz CT molecular complexity index is 515. The average Bonchev–Trinajstić information content (AvgIpc) is 3.16. The summed E-state index contributed by atoms with van der Waals surface area (Å²) in [6.07, 6.45) is 3.69. The van der Waals surface area contributed by atoms with Gasteiger partial charge < -0.3 is 4.90 Å². The highest BCUT2D eigenvalue weighted by Crippen LogP contribution is 2.37. The van der Waals surface area contributed by atoms with Crippen molar-refractivity contribution in [1.29, 1.82) is 0 Å². The van der Waals surface area contributed by atoms with Crippen LogP contribution in [-0.4, -0.2) is 22.9 Å². The Labute approximate surface area is 125 Å². The van der Waals surface area contributed by atoms with Crippen molar-refractivity contribution in [3.05, 3.63) is 34.9 Å². The highest BCUT2D eigenvalue weighted by Gasteiger charge is 2.41. The number of nitrogens with zero attached hydrogens (tertiary/aromatic N) is 1. The molecule has 3 atom stereocenters. The van der Waals surface area contributed by atoms with Gasteiger partial charge in [-0.05, 0) is 43.9 Å². The minimum Gasteiger partial charge on any atom is -0.319 e. The van der Waals surface area contributed by atoms with Crippen LogP contribution in [0.1, 0.15) is 44.8 Å². The maximum atomic E-state index is 12.4. The second-order valence-corrected chi connectivity index (χ2v) is 6.56. The Morgan fingerprint density at radius 2 is 2.20 bits per heavy atom. The first-order valence-corrected chi connectivity index (χ1v) is 7.77. The Balaban J connectivity index is 1.85. The first-order valence-electron chi connectivity index (χ1n) is 7.40. The quantitative estimate of drug-likeness (QED) is 0.923. The van der Waals surface area contributed by atoms with Gasteiger partial charge in [0, 0.05) is 11.1 Å². The van der Waals surface area contributed by atoms with E-state index in [0.717, 1.165) is 17.9 Å². The van der Waals surface area contributed by atoms with Crippen molar-refractivity contribution >= 4 is 17.5 Å². The van der Waals surface area contributed by atoms with Gasteiger partial charge in [0.25, 0.3) is 0 Å². The third-order valence-electron chi connectivity index (χ3n) is 4.32. The van der Waals surface area contributed by atoms with Crippen LogP contribution in [0.15, 0.2) is 24.3 Å². The van der Waals surface area contributed by atoms with Crippen molar-refractivity contribution in [2.45, 2.75) is 51.4 Å². The molecule has 2 aliphatic rings. The summed E-state index contributed by atoms with van der Waals surface area (Å²) in [5, 5.41) is 4.10. The Morgan fingerprint density at radius 3 is 2.85 bits per heavy atom. The zero-order valence-electron chi connectivity index (χ0n) is 12.0. The second-order valence-electron chi connectivity index (χ2n) is 6.12. The standard InChI is InChI=1S/C16H21ClN2O/c1-10(8-12-6-7-12)19-15(18-11(2)16(19)20)13-4-3-5-14(17)9-13/h3-5,9-12,15,18H,6-8H2,1-2H3. The van der Waals surface area contributed by atoms with Gasteiger partial charge in [0.05, 0.1) is 6.04 Å². The number of rotatable bonds is 4. The van der Waals surface area contributed by atoms with E-state index in [1.807, 2.05) is 36.1 Å². The number of hydrogen-bond acceptors (Lipinski definition) is 2. The summed E-state index contributed by atoms with van der Waals surface area (Å²) in [6, 6.07) is 7.93. The molecule has 0 spiro atoms. The van der Waals surface area contributed by atoms with Gasteiger partial charge in [0.15, 0.2) is 0 Å². The summed E-state index contributed by atoms with van der Waals surface area (Å²) in [5.74, 6) is 1.01. The number of hydrogen-bond donors (Lipinski definition) is 1. The van der Waals surface area contributed by atoms with Crippen molar-refractivity contribution in [3.63, 3.8) is 0 Å². The number of amides is 1. The van der Waals surface area contributed by atoms with Crippen molar-refractivity contribution in [1.82, 2.24) is 10.2 Å². The summed E-state index contributed by atoms with van der Waals surface area (Å²) in [6.45, 7) is 4.09. The number of halogens is 1. The van der Waals surface area contributed by atoms with E-state index in [1.165, 1.54) is 12.8 Å². The molecule has 0 bridgehead atoms. The molecule has 1 saturated heterocycles. The van der Waals surface area contributed by atoms with Gasteiger partial charge in [-0.1, -0.05) is 36.6 Å². The maximum Gasteiger partial charge on any atom is 0.241 e. The van der Waals surface area contributed by atoms with Crippen LogP contribution in [0, 0.1) is 5.92 Å². The first-order chi connectivity index (χ1) is 9.56. The summed E-state index contributed by atoms with van der Waals surface area (Å²) >= 11 is 6.09. The van der Waals surface area contributed by atoms with Crippen LogP contribution in [0.25, 0.3) is 0 Å². The smallest absolute Gasteiger partial charge is 0.241 e. The molecule has 4 heteroatoms. The Morgan fingerprint density at radius 1 is 1.45 bits per heavy atom. The van der Waals surface area contributed by atoms with E-state index in [9.17, 15) is 4.79 Å². The summed E-state index contributed by atoms with van der Waals surface area (Å²) in [7, 11) is 0. The lowest BCUT2D eigenvalue weighted by Crippen LogP contribution is -2.38. The number of carbonyl (C=O) groups excluding carboxylic acids is 1. The monoisotopic (exact) mass is 292 g/mol. The van der Waals surface area contributed by atoms with Crippen LogP contribution in [0.5, 0.6) is 0 Å². The fourth-order valence-electron chi connectivity index (χ4n) is 3.09. The lowest BCUT2D eigenvalue weighted by Gasteiger charge is -2.31. The molecule has 1 N–H and O–H groups in total. The molecule has 108 valence electrons. The third kappa shape index (κ3) is 2.70. The molecule has 2 fully saturated rings. The zero-order chi connectivity index (χ0) is 14.3. The van der Waals surface area contributed by atoms with Crippen molar-refractivity contribution in [2.75, 3.05) is 0 Å². The molecular formula is C16H21ClN2O. The van der Waals surface area contributed by atoms with E-state index in [1.54, 1.807) is 0 Å². The van der Waals surface area contributed by atoms with Gasteiger partial charge >= 0.3 is 0 Å². The van der Waals surface area contributed by atoms with Crippen LogP contribution in [0.3, 0.4) is 0 Å². The number of carbonyl (C=O) groups is 1. The molecule has 1 aromatic rings. The first kappa shape index (κ1) is 13.9. The summed E-state index contributed by atoms with van der Waals surface area (Å²) < 4.78 is 0. The second kappa shape index (κ2) is 5.38. The summed E-state index contributed by atoms with van der Waals surface area (Å²) in [5.41, 5.74) is 1.07. The molecule has 1 aliphatic carbocycles. The Hall–Kier alpha value is -1.06. The van der Waals surface area contributed by atoms with E-state index in [-0.39, 0.29) is 24.2 Å². The van der Waals surface area contributed by atoms with Gasteiger partial charge in [-0.15, -0.1) is 0 Å². The molecule has 1 aliphatic heterocycles. The van der Waals surface area contributed by atoms with E-state index in [2.05, 4.69) is 12.2 Å². The molecule has 0 aromatic heterocycles. The van der Waals surface area contributed by atoms with Crippen molar-refractivity contribution < 1.29 is 4.79 Å². The number of nitrogens with one attached hydrogen (secondary N) is 1. The van der Waals surface area contributed by atoms with Crippen LogP contribution in [-0.2, 0) is 4.79 Å². The van der Waals surface area contributed by atoms with Crippen molar-refractivity contribution in [2.24, 2.45) is 5.92 Å². The molecule has 20 heavy (non-hydrogen) atoms. The Kier molecular flexibility index (Phi) is 3.74. The molecule has 3 nitrogen and oxygen atoms in total. The van der Waals surface area contributed by atoms with E-state index >= 15 is 0 Å². The predicted octanol–water partition coefficient (Wildman–Crippen LogP) is 3.35. The van der Waals surface area contributed by atoms with Gasteiger partial charge in [0.1, 0.15) is 6.17 Å². The molecule has 3 unspecified atom stereocenters. The molecule has 1 aromatic carbocycles. The minimum atomic E-state index is -0.124. The van der Waals surface area contributed by atoms with Gasteiger partial charge in [-0.2, -0.15) is 0 Å². The molecule has 1 amide bonds. The lowest BCUT2D eigenvalue weighted by atomic mass is 10.1. The molecular weight excluding hydrogens is 272 g/mol. The number of benzene rings is 1. The fraction of sp³-hybridized carbons (Fsp3) is 0.562. The largest absolute Gasteiger partial charge is 0.319 e. The topological polar surface area (TPSA) is 32.3 Å². The zero-order valence-corrected chi connectivity index (χ0v) is 12.7. The lowest BCUT2D eigenvalue weighted by molar-refractivity contribution is -0.132. The van der Waals surface area contributed by atoms with Gasteiger partial charge in [-0.3, -0.25) is 10.1 Å². The van der Waals surface area contributed by atoms with E-state index in [4.69, 9.17) is 11.6 Å². The summed E-state index contributed by atoms with van der Waals surface area (Å²) in [4.78, 5) is 14.5. The highest BCUT2D eigenvalue weighted by atomic mass is 35.5. The van der Waals surface area contributed by atoms with Crippen LogP contribution < -0.4 is 5.32 Å². The SMILES string of the molecule is CC1NC(c2cccc(Cl)c2)N(C(C)CC2CC2)C1=O. The maximum absolute atomic E-state index is 12.4. The average molecular weight is 293 g/mol. The van der Waals surface area contributed by atoms with Gasteiger partial charge in [0.2, 0.25) is 5.91 Å². The predicted molar refractivity (Wildman–Crippen MR) is 80.4 cm³/mol. The highest BCUT2D eigenvalue weighted by molar-refractivity contribution is 6.30. The molecule has 1 heterocycles. The van der Waals surface area contributed by atoms with Crippen LogP contribution in [0.4, 0.5) is 0 Å². The third-order valence-corrected chi connectivity index (χ3v) is 4.56. The molecule has 0 radical (unpaired) electrons. The van der Waals surface area contributed by atoms with E-state index in [0.29, 0.717) is 5.02 Å². The fourth-order valence-corrected chi connectivity index (χ4v) is 3.29.